The molecule has 1 saturated heterocycles. The molecule has 1 aliphatic heterocycles. The van der Waals surface area contributed by atoms with Gasteiger partial charge in [-0.3, -0.25) is 4.98 Å². The van der Waals surface area contributed by atoms with Gasteiger partial charge < -0.3 is 10.2 Å². The predicted octanol–water partition coefficient (Wildman–Crippen LogP) is 3.08. The summed E-state index contributed by atoms with van der Waals surface area (Å²) in [7, 11) is 0. The number of hydrogen-bond acceptors (Lipinski definition) is 3. The van der Waals surface area contributed by atoms with Gasteiger partial charge in [0.2, 0.25) is 0 Å². The average Bonchev–Trinajstić information content (AvgIpc) is 2.50. The van der Waals surface area contributed by atoms with Crippen molar-refractivity contribution in [1.82, 2.24) is 10.3 Å². The van der Waals surface area contributed by atoms with E-state index in [-0.39, 0.29) is 0 Å². The highest BCUT2D eigenvalue weighted by Crippen LogP contribution is 2.19. The number of nitrogens with one attached hydrogen (secondary N) is 1. The van der Waals surface area contributed by atoms with Crippen LogP contribution in [-0.2, 0) is 0 Å². The molecule has 0 aromatic carbocycles. The minimum Gasteiger partial charge on any atom is -0.371 e. The maximum atomic E-state index is 4.08. The van der Waals surface area contributed by atoms with Gasteiger partial charge in [-0.2, -0.15) is 0 Å². The molecule has 0 atom stereocenters. The van der Waals surface area contributed by atoms with Crippen LogP contribution in [0.1, 0.15) is 39.5 Å². The molecule has 1 fully saturated rings. The molecule has 0 bridgehead atoms. The van der Waals surface area contributed by atoms with Crippen molar-refractivity contribution < 1.29 is 0 Å². The third-order valence-electron chi connectivity index (χ3n) is 4.37. The second kappa shape index (κ2) is 7.49. The number of nitrogens with zero attached hydrogens (tertiary/aromatic N) is 2. The fraction of sp³-hybridized carbons (Fsp3) is 0.688. The van der Waals surface area contributed by atoms with Gasteiger partial charge in [-0.25, -0.2) is 0 Å². The van der Waals surface area contributed by atoms with E-state index >= 15 is 0 Å². The summed E-state index contributed by atoms with van der Waals surface area (Å²) in [6, 6.07) is 4.93. The second-order valence-corrected chi connectivity index (χ2v) is 5.56. The third kappa shape index (κ3) is 4.20. The highest BCUT2D eigenvalue weighted by molar-refractivity contribution is 5.44. The van der Waals surface area contributed by atoms with Crippen molar-refractivity contribution in [3.05, 3.63) is 24.5 Å². The van der Waals surface area contributed by atoms with Gasteiger partial charge in [0, 0.05) is 37.2 Å². The molecule has 0 saturated carbocycles. The van der Waals surface area contributed by atoms with Crippen molar-refractivity contribution in [3.63, 3.8) is 0 Å². The van der Waals surface area contributed by atoms with E-state index in [4.69, 9.17) is 0 Å². The van der Waals surface area contributed by atoms with Gasteiger partial charge >= 0.3 is 0 Å². The first-order chi connectivity index (χ1) is 9.33. The third-order valence-corrected chi connectivity index (χ3v) is 4.37. The molecule has 19 heavy (non-hydrogen) atoms. The maximum Gasteiger partial charge on any atom is 0.0397 e. The minimum absolute atomic E-state index is 0.707. The summed E-state index contributed by atoms with van der Waals surface area (Å²) < 4.78 is 0. The molecular weight excluding hydrogens is 234 g/mol. The molecule has 0 amide bonds. The molecule has 1 aliphatic rings. The van der Waals surface area contributed by atoms with E-state index in [2.05, 4.69) is 41.2 Å². The average molecular weight is 261 g/mol. The number of piperidine rings is 1. The molecular formula is C16H27N3. The van der Waals surface area contributed by atoms with Crippen LogP contribution in [0.25, 0.3) is 0 Å². The Morgan fingerprint density at radius 2 is 1.84 bits per heavy atom. The lowest BCUT2D eigenvalue weighted by atomic mass is 10.0. The predicted molar refractivity (Wildman–Crippen MR) is 81.5 cm³/mol. The lowest BCUT2D eigenvalue weighted by Gasteiger charge is -2.34. The summed E-state index contributed by atoms with van der Waals surface area (Å²) >= 11 is 0. The summed E-state index contributed by atoms with van der Waals surface area (Å²) in [5, 5.41) is 3.76. The van der Waals surface area contributed by atoms with Crippen LogP contribution in [0.15, 0.2) is 24.5 Å². The minimum atomic E-state index is 0.707. The van der Waals surface area contributed by atoms with Crippen molar-refractivity contribution in [2.24, 2.45) is 5.92 Å². The van der Waals surface area contributed by atoms with Crippen molar-refractivity contribution in [2.75, 3.05) is 24.5 Å². The Kier molecular flexibility index (Phi) is 5.64. The summed E-state index contributed by atoms with van der Waals surface area (Å²) in [5.74, 6) is 0.846. The van der Waals surface area contributed by atoms with Crippen molar-refractivity contribution in [2.45, 2.75) is 45.6 Å². The molecule has 0 radical (unpaired) electrons. The lowest BCUT2D eigenvalue weighted by molar-refractivity contribution is 0.364. The van der Waals surface area contributed by atoms with Gasteiger partial charge in [-0.15, -0.1) is 0 Å². The molecule has 1 N–H and O–H groups in total. The standard InChI is InChI=1S/C16H27N3/c1-3-14(4-2)13-18-15-7-11-19(12-8-15)16-5-9-17-10-6-16/h5-6,9-10,14-15,18H,3-4,7-8,11-13H2,1-2H3. The van der Waals surface area contributed by atoms with Gasteiger partial charge in [0.15, 0.2) is 0 Å². The summed E-state index contributed by atoms with van der Waals surface area (Å²) in [4.78, 5) is 6.55. The normalized spacial score (nSPS) is 17.1. The molecule has 2 rings (SSSR count). The van der Waals surface area contributed by atoms with E-state index in [1.807, 2.05) is 12.4 Å². The number of pyridine rings is 1. The topological polar surface area (TPSA) is 28.2 Å². The molecule has 0 aliphatic carbocycles. The van der Waals surface area contributed by atoms with E-state index in [1.165, 1.54) is 37.9 Å². The van der Waals surface area contributed by atoms with Gasteiger partial charge in [0.1, 0.15) is 0 Å². The van der Waals surface area contributed by atoms with Crippen LogP contribution in [0.2, 0.25) is 0 Å². The first kappa shape index (κ1) is 14.3. The lowest BCUT2D eigenvalue weighted by Crippen LogP contribution is -2.43. The molecule has 1 aromatic heterocycles. The molecule has 0 unspecified atom stereocenters. The maximum absolute atomic E-state index is 4.08. The quantitative estimate of drug-likeness (QED) is 0.853. The molecule has 2 heterocycles. The second-order valence-electron chi connectivity index (χ2n) is 5.56. The Bertz CT molecular complexity index is 340. The zero-order chi connectivity index (χ0) is 13.5. The van der Waals surface area contributed by atoms with Crippen LogP contribution < -0.4 is 10.2 Å². The Balaban J connectivity index is 1.74. The molecule has 106 valence electrons. The van der Waals surface area contributed by atoms with Gasteiger partial charge in [-0.05, 0) is 37.4 Å². The van der Waals surface area contributed by atoms with Crippen LogP contribution in [0.3, 0.4) is 0 Å². The fourth-order valence-corrected chi connectivity index (χ4v) is 2.81. The van der Waals surface area contributed by atoms with Crippen LogP contribution in [0.5, 0.6) is 0 Å². The van der Waals surface area contributed by atoms with Crippen molar-refractivity contribution >= 4 is 5.69 Å². The van der Waals surface area contributed by atoms with E-state index in [9.17, 15) is 0 Å². The van der Waals surface area contributed by atoms with E-state index < -0.39 is 0 Å². The fourth-order valence-electron chi connectivity index (χ4n) is 2.81. The van der Waals surface area contributed by atoms with Crippen molar-refractivity contribution in [1.29, 1.82) is 0 Å². The molecule has 0 spiro atoms. The van der Waals surface area contributed by atoms with Crippen LogP contribution in [-0.4, -0.2) is 30.7 Å². The van der Waals surface area contributed by atoms with Crippen molar-refractivity contribution in [3.8, 4) is 0 Å². The molecule has 3 heteroatoms. The van der Waals surface area contributed by atoms with E-state index in [0.717, 1.165) is 19.0 Å². The highest BCUT2D eigenvalue weighted by atomic mass is 15.1. The summed E-state index contributed by atoms with van der Waals surface area (Å²) in [6.07, 6.45) is 8.85. The van der Waals surface area contributed by atoms with Crippen LogP contribution >= 0.6 is 0 Å². The number of hydrogen-bond donors (Lipinski definition) is 1. The first-order valence-corrected chi connectivity index (χ1v) is 7.71. The first-order valence-electron chi connectivity index (χ1n) is 7.71. The van der Waals surface area contributed by atoms with Gasteiger partial charge in [0.25, 0.3) is 0 Å². The highest BCUT2D eigenvalue weighted by Gasteiger charge is 2.19. The van der Waals surface area contributed by atoms with E-state index in [0.29, 0.717) is 6.04 Å². The molecule has 3 nitrogen and oxygen atoms in total. The van der Waals surface area contributed by atoms with E-state index in [1.54, 1.807) is 0 Å². The Morgan fingerprint density at radius 1 is 1.21 bits per heavy atom. The van der Waals surface area contributed by atoms with Crippen LogP contribution in [0, 0.1) is 5.92 Å². The SMILES string of the molecule is CCC(CC)CNC1CCN(c2ccncc2)CC1. The summed E-state index contributed by atoms with van der Waals surface area (Å²) in [5.41, 5.74) is 1.31. The van der Waals surface area contributed by atoms with Gasteiger partial charge in [-0.1, -0.05) is 26.7 Å². The monoisotopic (exact) mass is 261 g/mol. The number of rotatable bonds is 6. The Hall–Kier alpha value is -1.09. The smallest absolute Gasteiger partial charge is 0.0397 e. The molecule has 1 aromatic rings. The van der Waals surface area contributed by atoms with Crippen LogP contribution in [0.4, 0.5) is 5.69 Å². The number of anilines is 1. The Morgan fingerprint density at radius 3 is 2.42 bits per heavy atom. The summed E-state index contributed by atoms with van der Waals surface area (Å²) in [6.45, 7) is 8.09. The zero-order valence-corrected chi connectivity index (χ0v) is 12.3. The number of aromatic nitrogens is 1. The van der Waals surface area contributed by atoms with Gasteiger partial charge in [0.05, 0.1) is 0 Å². The zero-order valence-electron chi connectivity index (χ0n) is 12.3. The Labute approximate surface area is 117 Å². The largest absolute Gasteiger partial charge is 0.371 e.